The van der Waals surface area contributed by atoms with Gasteiger partial charge in [0.25, 0.3) is 0 Å². The molecule has 0 spiro atoms. The minimum absolute atomic E-state index is 0. The van der Waals surface area contributed by atoms with E-state index in [1.54, 1.807) is 0 Å². The molecule has 4 rings (SSSR count). The zero-order valence-electron chi connectivity index (χ0n) is 18.3. The molecule has 1 aromatic carbocycles. The first kappa shape index (κ1) is 23.6. The van der Waals surface area contributed by atoms with Gasteiger partial charge in [0.05, 0.1) is 12.6 Å². The predicted octanol–water partition coefficient (Wildman–Crippen LogP) is 4.36. The van der Waals surface area contributed by atoms with E-state index in [1.807, 2.05) is 18.3 Å². The number of benzene rings is 1. The van der Waals surface area contributed by atoms with Crippen molar-refractivity contribution in [2.75, 3.05) is 24.5 Å². The van der Waals surface area contributed by atoms with Crippen molar-refractivity contribution in [3.8, 4) is 5.75 Å². The average Bonchev–Trinajstić information content (AvgIpc) is 2.76. The lowest BCUT2D eigenvalue weighted by molar-refractivity contribution is 0.119. The number of piperidine rings is 1. The van der Waals surface area contributed by atoms with Gasteiger partial charge in [-0.05, 0) is 57.2 Å². The number of halogens is 1. The van der Waals surface area contributed by atoms with Crippen molar-refractivity contribution in [2.45, 2.75) is 57.7 Å². The van der Waals surface area contributed by atoms with Crippen LogP contribution in [0.1, 0.15) is 44.6 Å². The zero-order chi connectivity index (χ0) is 20.6. The lowest BCUT2D eigenvalue weighted by Crippen LogP contribution is -2.48. The van der Waals surface area contributed by atoms with E-state index in [9.17, 15) is 0 Å². The molecule has 1 aliphatic heterocycles. The summed E-state index contributed by atoms with van der Waals surface area (Å²) in [5.74, 6) is 2.93. The third kappa shape index (κ3) is 6.72. The first-order valence-corrected chi connectivity index (χ1v) is 11.3. The van der Waals surface area contributed by atoms with E-state index in [0.717, 1.165) is 55.6 Å². The number of guanidine groups is 1. The van der Waals surface area contributed by atoms with E-state index in [4.69, 9.17) is 9.73 Å². The number of rotatable bonds is 7. The third-order valence-electron chi connectivity index (χ3n) is 5.88. The molecule has 2 aliphatic rings. The highest BCUT2D eigenvalue weighted by atomic mass is 127. The fourth-order valence-corrected chi connectivity index (χ4v) is 3.89. The van der Waals surface area contributed by atoms with Crippen molar-refractivity contribution < 1.29 is 4.74 Å². The molecule has 1 saturated heterocycles. The quantitative estimate of drug-likeness (QED) is 0.314. The Bertz CT molecular complexity index is 820. The second-order valence-electron chi connectivity index (χ2n) is 8.07. The topological polar surface area (TPSA) is 61.8 Å². The van der Waals surface area contributed by atoms with E-state index >= 15 is 0 Å². The Kier molecular flexibility index (Phi) is 9.24. The highest BCUT2D eigenvalue weighted by Gasteiger charge is 2.22. The lowest BCUT2D eigenvalue weighted by atomic mass is 9.96. The molecule has 2 fully saturated rings. The van der Waals surface area contributed by atoms with Gasteiger partial charge in [-0.1, -0.05) is 24.3 Å². The van der Waals surface area contributed by atoms with Gasteiger partial charge in [-0.25, -0.2) is 9.98 Å². The average molecular weight is 535 g/mol. The molecule has 0 atom stereocenters. The maximum atomic E-state index is 6.16. The molecule has 2 heterocycles. The van der Waals surface area contributed by atoms with E-state index in [2.05, 4.69) is 57.8 Å². The van der Waals surface area contributed by atoms with Crippen LogP contribution in [0.3, 0.4) is 0 Å². The summed E-state index contributed by atoms with van der Waals surface area (Å²) in [6.07, 6.45) is 7.99. The van der Waals surface area contributed by atoms with Crippen molar-refractivity contribution in [2.24, 2.45) is 4.99 Å². The van der Waals surface area contributed by atoms with E-state index in [0.29, 0.717) is 18.7 Å². The van der Waals surface area contributed by atoms with Crippen LogP contribution in [0.4, 0.5) is 5.82 Å². The zero-order valence-corrected chi connectivity index (χ0v) is 20.6. The van der Waals surface area contributed by atoms with Crippen molar-refractivity contribution in [1.82, 2.24) is 15.6 Å². The Labute approximate surface area is 202 Å². The van der Waals surface area contributed by atoms with Crippen LogP contribution in [-0.2, 0) is 6.54 Å². The molecular formula is C24H34IN5O. The fourth-order valence-electron chi connectivity index (χ4n) is 3.89. The third-order valence-corrected chi connectivity index (χ3v) is 5.88. The summed E-state index contributed by atoms with van der Waals surface area (Å²) in [5.41, 5.74) is 1.14. The van der Waals surface area contributed by atoms with Crippen LogP contribution in [0.15, 0.2) is 53.7 Å². The van der Waals surface area contributed by atoms with Crippen molar-refractivity contribution in [1.29, 1.82) is 0 Å². The largest absolute Gasteiger partial charge is 0.490 e. The van der Waals surface area contributed by atoms with Crippen LogP contribution in [0.5, 0.6) is 5.75 Å². The standard InChI is InChI=1S/C24H33N5O.HI/c1-2-25-24(27-18-19-8-3-4-11-22(19)30-21-9-7-10-21)28-20-13-16-29(17-14-20)23-12-5-6-15-26-23;/h3-6,8,11-12,15,20-21H,2,7,9-10,13-14,16-18H2,1H3,(H2,25,27,28);1H. The molecule has 7 heteroatoms. The monoisotopic (exact) mass is 535 g/mol. The van der Waals surface area contributed by atoms with Gasteiger partial charge in [-0.2, -0.15) is 0 Å². The van der Waals surface area contributed by atoms with Gasteiger partial charge in [-0.3, -0.25) is 0 Å². The summed E-state index contributed by atoms with van der Waals surface area (Å²) in [5, 5.41) is 7.03. The maximum Gasteiger partial charge on any atom is 0.191 e. The number of ether oxygens (including phenoxy) is 1. The van der Waals surface area contributed by atoms with E-state index in [1.165, 1.54) is 19.3 Å². The van der Waals surface area contributed by atoms with Crippen LogP contribution in [0.25, 0.3) is 0 Å². The minimum atomic E-state index is 0. The Morgan fingerprint density at radius 3 is 2.55 bits per heavy atom. The van der Waals surface area contributed by atoms with Gasteiger partial charge in [0.1, 0.15) is 11.6 Å². The molecule has 2 N–H and O–H groups in total. The highest BCUT2D eigenvalue weighted by Crippen LogP contribution is 2.28. The molecule has 1 aromatic heterocycles. The summed E-state index contributed by atoms with van der Waals surface area (Å²) in [7, 11) is 0. The summed E-state index contributed by atoms with van der Waals surface area (Å²) in [6, 6.07) is 14.8. The van der Waals surface area contributed by atoms with Crippen LogP contribution in [-0.4, -0.2) is 42.7 Å². The number of nitrogens with zero attached hydrogens (tertiary/aromatic N) is 3. The molecule has 2 aromatic rings. The Hall–Kier alpha value is -2.03. The van der Waals surface area contributed by atoms with E-state index < -0.39 is 0 Å². The first-order valence-electron chi connectivity index (χ1n) is 11.3. The van der Waals surface area contributed by atoms with Crippen LogP contribution in [0.2, 0.25) is 0 Å². The maximum absolute atomic E-state index is 6.16. The Morgan fingerprint density at radius 2 is 1.87 bits per heavy atom. The molecule has 6 nitrogen and oxygen atoms in total. The second-order valence-corrected chi connectivity index (χ2v) is 8.07. The summed E-state index contributed by atoms with van der Waals surface area (Å²) < 4.78 is 6.16. The van der Waals surface area contributed by atoms with E-state index in [-0.39, 0.29) is 24.0 Å². The first-order chi connectivity index (χ1) is 14.8. The summed E-state index contributed by atoms with van der Waals surface area (Å²) >= 11 is 0. The molecule has 31 heavy (non-hydrogen) atoms. The van der Waals surface area contributed by atoms with Gasteiger partial charge >= 0.3 is 0 Å². The molecular weight excluding hydrogens is 501 g/mol. The second kappa shape index (κ2) is 12.1. The van der Waals surface area contributed by atoms with Crippen LogP contribution in [0, 0.1) is 0 Å². The summed E-state index contributed by atoms with van der Waals surface area (Å²) in [6.45, 7) is 5.58. The van der Waals surface area contributed by atoms with Crippen molar-refractivity contribution >= 4 is 35.8 Å². The normalized spacial score (nSPS) is 17.5. The number of aliphatic imine (C=N–C) groups is 1. The summed E-state index contributed by atoms with van der Waals surface area (Å²) in [4.78, 5) is 11.7. The van der Waals surface area contributed by atoms with Crippen LogP contribution >= 0.6 is 24.0 Å². The number of anilines is 1. The van der Waals surface area contributed by atoms with Gasteiger partial charge < -0.3 is 20.3 Å². The van der Waals surface area contributed by atoms with Gasteiger partial charge in [0.15, 0.2) is 5.96 Å². The van der Waals surface area contributed by atoms with Gasteiger partial charge in [0.2, 0.25) is 0 Å². The Morgan fingerprint density at radius 1 is 1.10 bits per heavy atom. The number of pyridine rings is 1. The predicted molar refractivity (Wildman–Crippen MR) is 138 cm³/mol. The number of para-hydroxylation sites is 1. The fraction of sp³-hybridized carbons (Fsp3) is 0.500. The SMILES string of the molecule is CCNC(=NCc1ccccc1OC1CCC1)NC1CCN(c2ccccn2)CC1.I. The number of hydrogen-bond donors (Lipinski definition) is 2. The lowest BCUT2D eigenvalue weighted by Gasteiger charge is -2.33. The molecule has 0 radical (unpaired) electrons. The van der Waals surface area contributed by atoms with Crippen molar-refractivity contribution in [3.63, 3.8) is 0 Å². The molecule has 168 valence electrons. The Balaban J connectivity index is 0.00000272. The molecule has 1 saturated carbocycles. The molecule has 1 aliphatic carbocycles. The van der Waals surface area contributed by atoms with Gasteiger partial charge in [-0.15, -0.1) is 24.0 Å². The number of aromatic nitrogens is 1. The van der Waals surface area contributed by atoms with Gasteiger partial charge in [0, 0.05) is 37.4 Å². The molecule has 0 bridgehead atoms. The van der Waals surface area contributed by atoms with Crippen LogP contribution < -0.4 is 20.3 Å². The smallest absolute Gasteiger partial charge is 0.191 e. The number of hydrogen-bond acceptors (Lipinski definition) is 4. The minimum Gasteiger partial charge on any atom is -0.490 e. The number of nitrogens with one attached hydrogen (secondary N) is 2. The molecule has 0 unspecified atom stereocenters. The van der Waals surface area contributed by atoms with Crippen molar-refractivity contribution in [3.05, 3.63) is 54.2 Å². The highest BCUT2D eigenvalue weighted by molar-refractivity contribution is 14.0. The molecule has 0 amide bonds.